The van der Waals surface area contributed by atoms with Crippen LogP contribution in [0.5, 0.6) is 0 Å². The first-order valence-electron chi connectivity index (χ1n) is 8.94. The summed E-state index contributed by atoms with van der Waals surface area (Å²) >= 11 is 0. The second-order valence-corrected chi connectivity index (χ2v) is 7.00. The smallest absolute Gasteiger partial charge is 0.251 e. The van der Waals surface area contributed by atoms with Crippen LogP contribution in [-0.4, -0.2) is 39.0 Å². The molecular weight excluding hydrogens is 346 g/mol. The summed E-state index contributed by atoms with van der Waals surface area (Å²) in [5.74, 6) is 0.234. The predicted molar refractivity (Wildman–Crippen MR) is 99.1 cm³/mol. The third kappa shape index (κ3) is 3.48. The third-order valence-electron chi connectivity index (χ3n) is 5.06. The van der Waals surface area contributed by atoms with E-state index in [1.54, 1.807) is 12.1 Å². The molecule has 1 aromatic carbocycles. The van der Waals surface area contributed by atoms with Gasteiger partial charge >= 0.3 is 0 Å². The van der Waals surface area contributed by atoms with E-state index in [1.807, 2.05) is 19.1 Å². The van der Waals surface area contributed by atoms with Gasteiger partial charge in [0.1, 0.15) is 0 Å². The highest BCUT2D eigenvalue weighted by atomic mass is 16.6. The highest BCUT2D eigenvalue weighted by Gasteiger charge is 2.31. The van der Waals surface area contributed by atoms with E-state index in [0.717, 1.165) is 29.7 Å². The summed E-state index contributed by atoms with van der Waals surface area (Å²) in [5, 5.41) is 19.8. The highest BCUT2D eigenvalue weighted by Crippen LogP contribution is 2.32. The number of nitrogens with one attached hydrogen (secondary N) is 1. The Labute approximate surface area is 155 Å². The number of rotatable bonds is 6. The van der Waals surface area contributed by atoms with E-state index in [2.05, 4.69) is 20.6 Å². The monoisotopic (exact) mass is 367 g/mol. The second kappa shape index (κ2) is 6.96. The van der Waals surface area contributed by atoms with Crippen molar-refractivity contribution in [3.63, 3.8) is 0 Å². The molecule has 2 aromatic heterocycles. The Hall–Kier alpha value is -3.00. The van der Waals surface area contributed by atoms with E-state index in [0.29, 0.717) is 34.8 Å². The van der Waals surface area contributed by atoms with Gasteiger partial charge in [0.2, 0.25) is 5.65 Å². The van der Waals surface area contributed by atoms with Crippen LogP contribution in [0.15, 0.2) is 28.9 Å². The van der Waals surface area contributed by atoms with E-state index >= 15 is 0 Å². The summed E-state index contributed by atoms with van der Waals surface area (Å²) in [5.41, 5.74) is 10.8. The topological polar surface area (TPSA) is 127 Å². The molecular formula is C19H21N5O3. The number of fused-ring (bicyclic) bond motifs is 1. The average molecular weight is 367 g/mol. The number of hydrogen-bond donors (Lipinski definition) is 3. The van der Waals surface area contributed by atoms with Crippen LogP contribution < -0.4 is 11.1 Å². The zero-order chi connectivity index (χ0) is 19.0. The van der Waals surface area contributed by atoms with Gasteiger partial charge in [0.05, 0.1) is 18.3 Å². The van der Waals surface area contributed by atoms with E-state index in [9.17, 15) is 9.90 Å². The quantitative estimate of drug-likeness (QED) is 0.604. The first-order valence-corrected chi connectivity index (χ1v) is 8.94. The van der Waals surface area contributed by atoms with Gasteiger partial charge in [-0.2, -0.15) is 0 Å². The molecule has 0 radical (unpaired) electrons. The summed E-state index contributed by atoms with van der Waals surface area (Å²) in [6.45, 7) is 1.84. The summed E-state index contributed by atoms with van der Waals surface area (Å²) < 4.78 is 4.71. The predicted octanol–water partition coefficient (Wildman–Crippen LogP) is 1.60. The molecule has 1 aliphatic carbocycles. The molecule has 4 N–H and O–H groups in total. The van der Waals surface area contributed by atoms with Crippen molar-refractivity contribution >= 4 is 22.8 Å². The lowest BCUT2D eigenvalue weighted by atomic mass is 10.0. The molecule has 27 heavy (non-hydrogen) atoms. The van der Waals surface area contributed by atoms with Crippen molar-refractivity contribution in [1.29, 1.82) is 0 Å². The van der Waals surface area contributed by atoms with E-state index in [1.165, 1.54) is 0 Å². The Kier molecular flexibility index (Phi) is 4.49. The van der Waals surface area contributed by atoms with Crippen LogP contribution in [0.3, 0.4) is 0 Å². The van der Waals surface area contributed by atoms with Crippen LogP contribution in [0.25, 0.3) is 11.2 Å². The number of carbonyl (C=O) groups is 1. The van der Waals surface area contributed by atoms with Gasteiger partial charge in [-0.3, -0.25) is 4.79 Å². The molecule has 1 amide bonds. The average Bonchev–Trinajstić information content (AvgIpc) is 3.41. The molecule has 0 aliphatic heterocycles. The van der Waals surface area contributed by atoms with Crippen LogP contribution in [0, 0.1) is 12.8 Å². The molecule has 0 bridgehead atoms. The number of aliphatic hydroxyl groups is 1. The fourth-order valence-electron chi connectivity index (χ4n) is 3.26. The summed E-state index contributed by atoms with van der Waals surface area (Å²) in [6, 6.07) is 7.18. The van der Waals surface area contributed by atoms with Gasteiger partial charge in [-0.15, -0.1) is 0 Å². The number of amides is 1. The van der Waals surface area contributed by atoms with Gasteiger partial charge in [-0.1, -0.05) is 12.1 Å². The number of nitrogens with two attached hydrogens (primary N) is 1. The summed E-state index contributed by atoms with van der Waals surface area (Å²) in [7, 11) is 0. The highest BCUT2D eigenvalue weighted by molar-refractivity contribution is 5.94. The first-order chi connectivity index (χ1) is 13.1. The largest absolute Gasteiger partial charge is 0.396 e. The first kappa shape index (κ1) is 17.4. The van der Waals surface area contributed by atoms with Gasteiger partial charge in [0, 0.05) is 23.2 Å². The molecule has 1 fully saturated rings. The lowest BCUT2D eigenvalue weighted by Gasteiger charge is -2.15. The molecule has 1 aliphatic rings. The van der Waals surface area contributed by atoms with Crippen LogP contribution in [0.2, 0.25) is 0 Å². The third-order valence-corrected chi connectivity index (χ3v) is 5.06. The number of hydrogen-bond acceptors (Lipinski definition) is 7. The number of aromatic nitrogens is 3. The lowest BCUT2D eigenvalue weighted by Crippen LogP contribution is -2.39. The molecule has 1 unspecified atom stereocenters. The van der Waals surface area contributed by atoms with Crippen molar-refractivity contribution in [3.8, 4) is 0 Å². The van der Waals surface area contributed by atoms with Crippen molar-refractivity contribution in [3.05, 3.63) is 46.6 Å². The van der Waals surface area contributed by atoms with Crippen LogP contribution in [-0.2, 0) is 6.42 Å². The molecule has 140 valence electrons. The Morgan fingerprint density at radius 2 is 2.07 bits per heavy atom. The van der Waals surface area contributed by atoms with Gasteiger partial charge in [-0.05, 0) is 53.7 Å². The Morgan fingerprint density at radius 3 is 2.74 bits per heavy atom. The Morgan fingerprint density at radius 1 is 1.33 bits per heavy atom. The maximum absolute atomic E-state index is 12.4. The number of pyridine rings is 1. The molecule has 8 nitrogen and oxygen atoms in total. The van der Waals surface area contributed by atoms with Crippen molar-refractivity contribution in [2.24, 2.45) is 5.92 Å². The summed E-state index contributed by atoms with van der Waals surface area (Å²) in [6.07, 6.45) is 2.69. The lowest BCUT2D eigenvalue weighted by molar-refractivity contribution is 0.0908. The molecule has 0 saturated heterocycles. The maximum atomic E-state index is 12.4. The van der Waals surface area contributed by atoms with Crippen molar-refractivity contribution in [1.82, 2.24) is 20.6 Å². The zero-order valence-electron chi connectivity index (χ0n) is 15.0. The van der Waals surface area contributed by atoms with Gasteiger partial charge < -0.3 is 16.2 Å². The standard InChI is InChI=1S/C19H21N5O3/c1-10-14(16(20)17-18(21-10)24-27-23-17)8-11-2-4-13(5-3-11)19(26)22-15(9-25)12-6-7-12/h2-5,12,15,25H,6-9,20H2,1H3,(H,22,26). The van der Waals surface area contributed by atoms with Gasteiger partial charge in [-0.25, -0.2) is 9.61 Å². The van der Waals surface area contributed by atoms with E-state index < -0.39 is 0 Å². The van der Waals surface area contributed by atoms with E-state index in [4.69, 9.17) is 10.4 Å². The van der Waals surface area contributed by atoms with Crippen LogP contribution in [0.4, 0.5) is 5.69 Å². The number of nitrogens with zero attached hydrogens (tertiary/aromatic N) is 3. The molecule has 2 heterocycles. The SMILES string of the molecule is Cc1nc2nonc2c(N)c1Cc1ccc(C(=O)NC(CO)C2CC2)cc1. The maximum Gasteiger partial charge on any atom is 0.251 e. The van der Waals surface area contributed by atoms with Crippen molar-refractivity contribution in [2.45, 2.75) is 32.2 Å². The molecule has 1 saturated carbocycles. The number of carbonyl (C=O) groups excluding carboxylic acids is 1. The number of nitrogen functional groups attached to an aromatic ring is 1. The molecule has 0 spiro atoms. The molecule has 3 aromatic rings. The van der Waals surface area contributed by atoms with Crippen LogP contribution in [0.1, 0.15) is 40.0 Å². The van der Waals surface area contributed by atoms with Crippen LogP contribution >= 0.6 is 0 Å². The zero-order valence-corrected chi connectivity index (χ0v) is 15.0. The van der Waals surface area contributed by atoms with Gasteiger partial charge in [0.25, 0.3) is 5.91 Å². The second-order valence-electron chi connectivity index (χ2n) is 7.00. The molecule has 8 heteroatoms. The Bertz CT molecular complexity index is 979. The molecule has 4 rings (SSSR count). The van der Waals surface area contributed by atoms with Crippen molar-refractivity contribution in [2.75, 3.05) is 12.3 Å². The van der Waals surface area contributed by atoms with E-state index in [-0.39, 0.29) is 18.6 Å². The molecule has 1 atom stereocenters. The van der Waals surface area contributed by atoms with Gasteiger partial charge in [0.15, 0.2) is 5.52 Å². The minimum atomic E-state index is -0.167. The Balaban J connectivity index is 1.50. The number of aryl methyl sites for hydroxylation is 1. The fraction of sp³-hybridized carbons (Fsp3) is 0.368. The number of anilines is 1. The summed E-state index contributed by atoms with van der Waals surface area (Å²) in [4.78, 5) is 16.7. The van der Waals surface area contributed by atoms with Crippen molar-refractivity contribution < 1.29 is 14.5 Å². The number of benzene rings is 1. The normalized spacial score (nSPS) is 15.0. The number of aliphatic hydroxyl groups excluding tert-OH is 1. The fourth-order valence-corrected chi connectivity index (χ4v) is 3.26. The minimum absolute atomic E-state index is 0.0283. The minimum Gasteiger partial charge on any atom is -0.396 e.